The number of nitrogens with zero attached hydrogens (tertiary/aromatic N) is 1. The number of ether oxygens (including phenoxy) is 1. The zero-order valence-corrected chi connectivity index (χ0v) is 10.6. The molecule has 2 rings (SSSR count). The lowest BCUT2D eigenvalue weighted by molar-refractivity contribution is 0.0925. The quantitative estimate of drug-likeness (QED) is 0.873. The van der Waals surface area contributed by atoms with Crippen LogP contribution in [0.15, 0.2) is 24.3 Å². The highest BCUT2D eigenvalue weighted by molar-refractivity contribution is 5.55. The third-order valence-electron chi connectivity index (χ3n) is 3.40. The molecule has 1 saturated heterocycles. The number of hydrogen-bond acceptors (Lipinski definition) is 3. The second-order valence-corrected chi connectivity index (χ2v) is 4.57. The number of aliphatic hydroxyl groups excluding tert-OH is 1. The highest BCUT2D eigenvalue weighted by atomic mass is 16.5. The van der Waals surface area contributed by atoms with Gasteiger partial charge in [0.05, 0.1) is 25.4 Å². The number of para-hydroxylation sites is 1. The summed E-state index contributed by atoms with van der Waals surface area (Å²) in [5, 5.41) is 9.84. The Balaban J connectivity index is 2.31. The topological polar surface area (TPSA) is 32.7 Å². The van der Waals surface area contributed by atoms with Crippen molar-refractivity contribution >= 4 is 5.69 Å². The number of rotatable bonds is 3. The van der Waals surface area contributed by atoms with E-state index in [2.05, 4.69) is 17.9 Å². The van der Waals surface area contributed by atoms with Crippen molar-refractivity contribution in [3.63, 3.8) is 0 Å². The molecule has 1 heterocycles. The lowest BCUT2D eigenvalue weighted by atomic mass is 10.0. The van der Waals surface area contributed by atoms with E-state index in [4.69, 9.17) is 4.74 Å². The van der Waals surface area contributed by atoms with Gasteiger partial charge < -0.3 is 14.7 Å². The number of hydrogen-bond donors (Lipinski definition) is 1. The van der Waals surface area contributed by atoms with Gasteiger partial charge in [0.2, 0.25) is 0 Å². The van der Waals surface area contributed by atoms with E-state index >= 15 is 0 Å². The standard InChI is InChI=1S/C14H21NO2/c1-3-12-10-17-9-8-15(12)14-7-5-4-6-13(14)11(2)16/h4-7,11-12,16H,3,8-10H2,1-2H3/t11-,12?/m0/s1. The highest BCUT2D eigenvalue weighted by Gasteiger charge is 2.24. The Morgan fingerprint density at radius 2 is 2.24 bits per heavy atom. The Morgan fingerprint density at radius 1 is 1.47 bits per heavy atom. The van der Waals surface area contributed by atoms with Crippen LogP contribution in [0.4, 0.5) is 5.69 Å². The molecule has 0 bridgehead atoms. The molecule has 94 valence electrons. The molecule has 1 aromatic carbocycles. The van der Waals surface area contributed by atoms with Crippen molar-refractivity contribution in [2.45, 2.75) is 32.4 Å². The first-order valence-electron chi connectivity index (χ1n) is 6.35. The van der Waals surface area contributed by atoms with E-state index < -0.39 is 6.10 Å². The van der Waals surface area contributed by atoms with Crippen LogP contribution in [-0.2, 0) is 4.74 Å². The first kappa shape index (κ1) is 12.4. The Hall–Kier alpha value is -1.06. The van der Waals surface area contributed by atoms with Crippen LogP contribution in [-0.4, -0.2) is 30.9 Å². The van der Waals surface area contributed by atoms with Gasteiger partial charge in [-0.05, 0) is 19.4 Å². The van der Waals surface area contributed by atoms with Crippen molar-refractivity contribution in [2.24, 2.45) is 0 Å². The second kappa shape index (κ2) is 5.52. The van der Waals surface area contributed by atoms with Gasteiger partial charge in [-0.25, -0.2) is 0 Å². The summed E-state index contributed by atoms with van der Waals surface area (Å²) in [5.41, 5.74) is 2.16. The molecule has 0 aromatic heterocycles. The molecule has 0 amide bonds. The van der Waals surface area contributed by atoms with Gasteiger partial charge in [0.25, 0.3) is 0 Å². The van der Waals surface area contributed by atoms with Crippen LogP contribution in [0.5, 0.6) is 0 Å². The van der Waals surface area contributed by atoms with Crippen molar-refractivity contribution in [1.29, 1.82) is 0 Å². The van der Waals surface area contributed by atoms with Gasteiger partial charge in [-0.15, -0.1) is 0 Å². The predicted octanol–water partition coefficient (Wildman–Crippen LogP) is 2.36. The van der Waals surface area contributed by atoms with Crippen LogP contribution >= 0.6 is 0 Å². The molecule has 0 saturated carbocycles. The molecule has 1 fully saturated rings. The van der Waals surface area contributed by atoms with Gasteiger partial charge in [0.15, 0.2) is 0 Å². The molecule has 1 aliphatic rings. The monoisotopic (exact) mass is 235 g/mol. The van der Waals surface area contributed by atoms with Crippen LogP contribution in [0.25, 0.3) is 0 Å². The zero-order chi connectivity index (χ0) is 12.3. The van der Waals surface area contributed by atoms with E-state index in [-0.39, 0.29) is 0 Å². The van der Waals surface area contributed by atoms with E-state index in [1.165, 1.54) is 0 Å². The van der Waals surface area contributed by atoms with Gasteiger partial charge in [-0.2, -0.15) is 0 Å². The van der Waals surface area contributed by atoms with Gasteiger partial charge in [0.1, 0.15) is 0 Å². The predicted molar refractivity (Wildman–Crippen MR) is 69.3 cm³/mol. The molecule has 1 N–H and O–H groups in total. The summed E-state index contributed by atoms with van der Waals surface area (Å²) in [4.78, 5) is 2.37. The lowest BCUT2D eigenvalue weighted by Gasteiger charge is -2.38. The van der Waals surface area contributed by atoms with Crippen LogP contribution in [0.3, 0.4) is 0 Å². The largest absolute Gasteiger partial charge is 0.389 e. The first-order valence-corrected chi connectivity index (χ1v) is 6.35. The summed E-state index contributed by atoms with van der Waals surface area (Å²) in [6.45, 7) is 6.45. The second-order valence-electron chi connectivity index (χ2n) is 4.57. The average Bonchev–Trinajstić information content (AvgIpc) is 2.38. The summed E-state index contributed by atoms with van der Waals surface area (Å²) in [5.74, 6) is 0. The van der Waals surface area contributed by atoms with Gasteiger partial charge in [0, 0.05) is 17.8 Å². The Bertz CT molecular complexity index is 365. The van der Waals surface area contributed by atoms with Crippen LogP contribution in [0.2, 0.25) is 0 Å². The van der Waals surface area contributed by atoms with Crippen molar-refractivity contribution in [3.05, 3.63) is 29.8 Å². The molecule has 2 atom stereocenters. The lowest BCUT2D eigenvalue weighted by Crippen LogP contribution is -2.45. The SMILES string of the molecule is CCC1COCCN1c1ccccc1[C@H](C)O. The maximum Gasteiger partial charge on any atom is 0.0781 e. The number of benzene rings is 1. The fourth-order valence-corrected chi connectivity index (χ4v) is 2.41. The molecular formula is C14H21NO2. The maximum absolute atomic E-state index is 9.84. The summed E-state index contributed by atoms with van der Waals surface area (Å²) in [7, 11) is 0. The molecule has 0 aliphatic carbocycles. The molecule has 0 radical (unpaired) electrons. The Kier molecular flexibility index (Phi) is 4.02. The Labute approximate surface area is 103 Å². The normalized spacial score (nSPS) is 22.5. The van der Waals surface area contributed by atoms with Crippen LogP contribution in [0, 0.1) is 0 Å². The van der Waals surface area contributed by atoms with Gasteiger partial charge in [-0.3, -0.25) is 0 Å². The molecule has 3 heteroatoms. The fourth-order valence-electron chi connectivity index (χ4n) is 2.41. The van der Waals surface area contributed by atoms with Crippen molar-refractivity contribution in [2.75, 3.05) is 24.7 Å². The van der Waals surface area contributed by atoms with Gasteiger partial charge >= 0.3 is 0 Å². The summed E-state index contributed by atoms with van der Waals surface area (Å²) in [6.07, 6.45) is 0.639. The van der Waals surface area contributed by atoms with Crippen LogP contribution < -0.4 is 4.90 Å². The third kappa shape index (κ3) is 2.61. The molecular weight excluding hydrogens is 214 g/mol. The van der Waals surface area contributed by atoms with Crippen molar-refractivity contribution in [3.8, 4) is 0 Å². The zero-order valence-electron chi connectivity index (χ0n) is 10.6. The van der Waals surface area contributed by atoms with E-state index in [1.54, 1.807) is 0 Å². The fraction of sp³-hybridized carbons (Fsp3) is 0.571. The molecule has 17 heavy (non-hydrogen) atoms. The molecule has 1 unspecified atom stereocenters. The van der Waals surface area contributed by atoms with E-state index in [0.29, 0.717) is 6.04 Å². The minimum atomic E-state index is -0.424. The van der Waals surface area contributed by atoms with E-state index in [1.807, 2.05) is 25.1 Å². The van der Waals surface area contributed by atoms with Crippen molar-refractivity contribution < 1.29 is 9.84 Å². The molecule has 3 nitrogen and oxygen atoms in total. The minimum Gasteiger partial charge on any atom is -0.389 e. The third-order valence-corrected chi connectivity index (χ3v) is 3.40. The van der Waals surface area contributed by atoms with Gasteiger partial charge in [-0.1, -0.05) is 25.1 Å². The average molecular weight is 235 g/mol. The summed E-state index contributed by atoms with van der Waals surface area (Å²) >= 11 is 0. The summed E-state index contributed by atoms with van der Waals surface area (Å²) in [6, 6.07) is 8.53. The van der Waals surface area contributed by atoms with E-state index in [9.17, 15) is 5.11 Å². The molecule has 1 aliphatic heterocycles. The Morgan fingerprint density at radius 3 is 2.94 bits per heavy atom. The minimum absolute atomic E-state index is 0.420. The maximum atomic E-state index is 9.84. The van der Waals surface area contributed by atoms with Crippen LogP contribution in [0.1, 0.15) is 31.9 Å². The first-order chi connectivity index (χ1) is 8.24. The number of morpholine rings is 1. The molecule has 0 spiro atoms. The van der Waals surface area contributed by atoms with E-state index in [0.717, 1.165) is 37.4 Å². The molecule has 1 aromatic rings. The van der Waals surface area contributed by atoms with Crippen molar-refractivity contribution in [1.82, 2.24) is 0 Å². The smallest absolute Gasteiger partial charge is 0.0781 e. The highest BCUT2D eigenvalue weighted by Crippen LogP contribution is 2.29. The number of anilines is 1. The summed E-state index contributed by atoms with van der Waals surface area (Å²) < 4.78 is 5.52. The number of aliphatic hydroxyl groups is 1.